The van der Waals surface area contributed by atoms with Crippen LogP contribution in [-0.4, -0.2) is 18.0 Å². The summed E-state index contributed by atoms with van der Waals surface area (Å²) in [5, 5.41) is 0. The Bertz CT molecular complexity index is 651. The van der Waals surface area contributed by atoms with Gasteiger partial charge in [0.05, 0.1) is 0 Å². The first-order valence-electron chi connectivity index (χ1n) is 8.43. The molecule has 0 amide bonds. The predicted molar refractivity (Wildman–Crippen MR) is 96.5 cm³/mol. The largest absolute Gasteiger partial charge is 0.482 e. The molecule has 2 aromatic carbocycles. The zero-order valence-electron chi connectivity index (χ0n) is 13.6. The lowest BCUT2D eigenvalue weighted by Gasteiger charge is -2.22. The van der Waals surface area contributed by atoms with E-state index in [1.165, 1.54) is 6.42 Å². The molecule has 0 saturated heterocycles. The summed E-state index contributed by atoms with van der Waals surface area (Å²) in [6.45, 7) is 0. The second kappa shape index (κ2) is 8.78. The van der Waals surface area contributed by atoms with Crippen LogP contribution in [0, 0.1) is 0 Å². The minimum absolute atomic E-state index is 0.0537. The van der Waals surface area contributed by atoms with Crippen molar-refractivity contribution in [3.05, 3.63) is 60.2 Å². The molecule has 0 aliphatic heterocycles. The predicted octanol–water partition coefficient (Wildman–Crippen LogP) is 5.30. The van der Waals surface area contributed by atoms with Crippen molar-refractivity contribution in [3.63, 3.8) is 0 Å². The molecule has 1 aliphatic rings. The summed E-state index contributed by atoms with van der Waals surface area (Å²) in [6, 6.07) is 17.4. The van der Waals surface area contributed by atoms with E-state index in [1.807, 2.05) is 48.5 Å². The third-order valence-corrected chi connectivity index (χ3v) is 4.96. The quantitative estimate of drug-likeness (QED) is 0.405. The van der Waals surface area contributed by atoms with Crippen molar-refractivity contribution in [1.82, 2.24) is 0 Å². The molecule has 0 unspecified atom stereocenters. The summed E-state index contributed by atoms with van der Waals surface area (Å²) in [5.74, 6) is 0.765. The molecule has 0 N–H and O–H groups in total. The molecule has 0 atom stereocenters. The summed E-state index contributed by atoms with van der Waals surface area (Å²) < 4.78 is 11.5. The van der Waals surface area contributed by atoms with E-state index in [0.717, 1.165) is 30.6 Å². The fourth-order valence-electron chi connectivity index (χ4n) is 2.84. The van der Waals surface area contributed by atoms with Crippen molar-refractivity contribution in [1.29, 1.82) is 0 Å². The van der Waals surface area contributed by atoms with Crippen molar-refractivity contribution in [2.75, 3.05) is 5.94 Å². The molecular formula is C20H22O3S. The number of benzene rings is 2. The normalized spacial score (nSPS) is 15.0. The van der Waals surface area contributed by atoms with Crippen LogP contribution in [0.25, 0.3) is 0 Å². The van der Waals surface area contributed by atoms with Crippen LogP contribution < -0.4 is 4.74 Å². The van der Waals surface area contributed by atoms with Crippen LogP contribution in [0.5, 0.6) is 5.75 Å². The molecule has 126 valence electrons. The monoisotopic (exact) mass is 342 g/mol. The Morgan fingerprint density at radius 2 is 1.67 bits per heavy atom. The third kappa shape index (κ3) is 4.78. The van der Waals surface area contributed by atoms with E-state index in [2.05, 4.69) is 0 Å². The van der Waals surface area contributed by atoms with Crippen LogP contribution in [0.2, 0.25) is 0 Å². The Hall–Kier alpha value is -1.94. The molecular weight excluding hydrogens is 320 g/mol. The van der Waals surface area contributed by atoms with E-state index in [9.17, 15) is 4.79 Å². The minimum atomic E-state index is -0.276. The first-order chi connectivity index (χ1) is 11.8. The molecule has 1 saturated carbocycles. The zero-order chi connectivity index (χ0) is 16.6. The van der Waals surface area contributed by atoms with Gasteiger partial charge in [-0.2, -0.15) is 0 Å². The molecule has 1 fully saturated rings. The highest BCUT2D eigenvalue weighted by molar-refractivity contribution is 7.99. The van der Waals surface area contributed by atoms with Crippen molar-refractivity contribution < 1.29 is 14.3 Å². The topological polar surface area (TPSA) is 35.5 Å². The third-order valence-electron chi connectivity index (χ3n) is 4.12. The van der Waals surface area contributed by atoms with E-state index < -0.39 is 0 Å². The molecule has 0 radical (unpaired) electrons. The molecule has 0 bridgehead atoms. The number of rotatable bonds is 6. The maximum atomic E-state index is 12.5. The SMILES string of the molecule is O=C(OC1CCCCC1)c1ccccc1OCSc1ccccc1. The number of para-hydroxylation sites is 1. The fraction of sp³-hybridized carbons (Fsp3) is 0.350. The molecule has 2 aromatic rings. The average molecular weight is 342 g/mol. The lowest BCUT2D eigenvalue weighted by atomic mass is 9.98. The highest BCUT2D eigenvalue weighted by Crippen LogP contribution is 2.26. The average Bonchev–Trinajstić information content (AvgIpc) is 2.64. The van der Waals surface area contributed by atoms with E-state index in [0.29, 0.717) is 17.3 Å². The van der Waals surface area contributed by atoms with Gasteiger partial charge in [0.1, 0.15) is 23.4 Å². The van der Waals surface area contributed by atoms with Gasteiger partial charge in [-0.1, -0.05) is 48.5 Å². The van der Waals surface area contributed by atoms with Gasteiger partial charge in [-0.15, -0.1) is 0 Å². The van der Waals surface area contributed by atoms with Crippen LogP contribution in [0.15, 0.2) is 59.5 Å². The highest BCUT2D eigenvalue weighted by atomic mass is 32.2. The Morgan fingerprint density at radius 3 is 2.46 bits per heavy atom. The van der Waals surface area contributed by atoms with Crippen molar-refractivity contribution in [2.24, 2.45) is 0 Å². The van der Waals surface area contributed by atoms with Crippen LogP contribution in [0.1, 0.15) is 42.5 Å². The highest BCUT2D eigenvalue weighted by Gasteiger charge is 2.21. The van der Waals surface area contributed by atoms with E-state index in [1.54, 1.807) is 17.8 Å². The van der Waals surface area contributed by atoms with Gasteiger partial charge >= 0.3 is 5.97 Å². The minimum Gasteiger partial charge on any atom is -0.482 e. The molecule has 0 spiro atoms. The number of esters is 1. The van der Waals surface area contributed by atoms with E-state index in [-0.39, 0.29) is 12.1 Å². The van der Waals surface area contributed by atoms with Crippen LogP contribution in [0.4, 0.5) is 0 Å². The van der Waals surface area contributed by atoms with Crippen molar-refractivity contribution >= 4 is 17.7 Å². The van der Waals surface area contributed by atoms with E-state index >= 15 is 0 Å². The Balaban J connectivity index is 1.58. The van der Waals surface area contributed by atoms with Gasteiger partial charge in [-0.25, -0.2) is 4.79 Å². The lowest BCUT2D eigenvalue weighted by Crippen LogP contribution is -2.21. The molecule has 24 heavy (non-hydrogen) atoms. The van der Waals surface area contributed by atoms with Gasteiger partial charge in [0.2, 0.25) is 0 Å². The number of carbonyl (C=O) groups is 1. The molecule has 3 nitrogen and oxygen atoms in total. The van der Waals surface area contributed by atoms with Gasteiger partial charge in [-0.3, -0.25) is 0 Å². The van der Waals surface area contributed by atoms with E-state index in [4.69, 9.17) is 9.47 Å². The molecule has 1 aliphatic carbocycles. The van der Waals surface area contributed by atoms with Gasteiger partial charge in [0, 0.05) is 4.90 Å². The standard InChI is InChI=1S/C20H22O3S/c21-20(23-16-9-3-1-4-10-16)18-13-7-8-14-19(18)22-15-24-17-11-5-2-6-12-17/h2,5-8,11-14,16H,1,3-4,9-10,15H2. The number of thioether (sulfide) groups is 1. The molecule has 0 aromatic heterocycles. The van der Waals surface area contributed by atoms with Crippen LogP contribution in [0.3, 0.4) is 0 Å². The summed E-state index contributed by atoms with van der Waals surface area (Å²) in [6.07, 6.45) is 5.52. The number of hydrogen-bond donors (Lipinski definition) is 0. The summed E-state index contributed by atoms with van der Waals surface area (Å²) in [4.78, 5) is 13.6. The molecule has 3 rings (SSSR count). The number of hydrogen-bond acceptors (Lipinski definition) is 4. The van der Waals surface area contributed by atoms with Gasteiger partial charge < -0.3 is 9.47 Å². The smallest absolute Gasteiger partial charge is 0.342 e. The van der Waals surface area contributed by atoms with Crippen molar-refractivity contribution in [2.45, 2.75) is 43.1 Å². The van der Waals surface area contributed by atoms with Gasteiger partial charge in [0.15, 0.2) is 0 Å². The first-order valence-corrected chi connectivity index (χ1v) is 9.42. The number of carbonyl (C=O) groups excluding carboxylic acids is 1. The molecule has 4 heteroatoms. The Kier molecular flexibility index (Phi) is 6.19. The first kappa shape index (κ1) is 16.9. The maximum Gasteiger partial charge on any atom is 0.342 e. The molecule has 0 heterocycles. The zero-order valence-corrected chi connectivity index (χ0v) is 14.5. The summed E-state index contributed by atoms with van der Waals surface area (Å²) in [5.41, 5.74) is 0.511. The Labute approximate surface area is 147 Å². The number of ether oxygens (including phenoxy) is 2. The van der Waals surface area contributed by atoms with Crippen molar-refractivity contribution in [3.8, 4) is 5.75 Å². The van der Waals surface area contributed by atoms with Gasteiger partial charge in [-0.05, 0) is 49.9 Å². The second-order valence-electron chi connectivity index (χ2n) is 5.88. The maximum absolute atomic E-state index is 12.5. The van der Waals surface area contributed by atoms with Crippen LogP contribution in [-0.2, 0) is 4.74 Å². The summed E-state index contributed by atoms with van der Waals surface area (Å²) >= 11 is 1.60. The van der Waals surface area contributed by atoms with Gasteiger partial charge in [0.25, 0.3) is 0 Å². The second-order valence-corrected chi connectivity index (χ2v) is 6.88. The Morgan fingerprint density at radius 1 is 0.958 bits per heavy atom. The van der Waals surface area contributed by atoms with Crippen LogP contribution >= 0.6 is 11.8 Å². The summed E-state index contributed by atoms with van der Waals surface area (Å²) in [7, 11) is 0. The fourth-order valence-corrected chi connectivity index (χ4v) is 3.51. The lowest BCUT2D eigenvalue weighted by molar-refractivity contribution is 0.0208.